The van der Waals surface area contributed by atoms with Crippen LogP contribution < -0.4 is 16.0 Å². The number of aromatic nitrogens is 3. The molecule has 0 aliphatic carbocycles. The molecule has 1 fully saturated rings. The molecule has 10 rings (SSSR count). The number of oxime groups is 1. The number of amides is 2. The van der Waals surface area contributed by atoms with E-state index in [1.165, 1.54) is 36.5 Å². The van der Waals surface area contributed by atoms with E-state index < -0.39 is 74.9 Å². The van der Waals surface area contributed by atoms with Crippen LogP contribution in [0.3, 0.4) is 0 Å². The van der Waals surface area contributed by atoms with E-state index in [2.05, 4.69) is 31.1 Å². The number of carbonyl (C=O) groups is 4. The van der Waals surface area contributed by atoms with Gasteiger partial charge in [0.05, 0.1) is 22.3 Å². The summed E-state index contributed by atoms with van der Waals surface area (Å²) in [5.41, 5.74) is 0.897. The van der Waals surface area contributed by atoms with Crippen molar-refractivity contribution in [2.45, 2.75) is 68.9 Å². The monoisotopic (exact) mass is 1110 g/mol. The number of benzene rings is 5. The number of hydrogen-bond acceptors (Lipinski definition) is 16. The minimum atomic E-state index is -1.91. The fraction of sp³-hybridized carbons (Fsp3) is 0.200. The van der Waals surface area contributed by atoms with Crippen molar-refractivity contribution in [1.82, 2.24) is 25.2 Å². The van der Waals surface area contributed by atoms with Crippen molar-refractivity contribution >= 4 is 84.8 Å². The molecule has 16 nitrogen and oxygen atoms in total. The molecule has 3 unspecified atom stereocenters. The van der Waals surface area contributed by atoms with E-state index in [0.717, 1.165) is 21.6 Å². The van der Waals surface area contributed by atoms with Crippen molar-refractivity contribution in [3.63, 3.8) is 0 Å². The van der Waals surface area contributed by atoms with Gasteiger partial charge in [-0.15, -0.1) is 11.3 Å². The molecule has 5 aromatic carbocycles. The number of esters is 2. The molecule has 0 spiro atoms. The van der Waals surface area contributed by atoms with E-state index in [-0.39, 0.29) is 22.7 Å². The van der Waals surface area contributed by atoms with Crippen LogP contribution in [0.25, 0.3) is 5.57 Å². The second-order valence-corrected chi connectivity index (χ2v) is 23.4. The summed E-state index contributed by atoms with van der Waals surface area (Å²) in [5.74, 6) is -3.49. The first-order valence-corrected chi connectivity index (χ1v) is 28.3. The van der Waals surface area contributed by atoms with Gasteiger partial charge in [0.1, 0.15) is 28.3 Å². The minimum Gasteiger partial charge on any atom is -0.614 e. The van der Waals surface area contributed by atoms with Gasteiger partial charge in [-0.3, -0.25) is 19.5 Å². The van der Waals surface area contributed by atoms with Gasteiger partial charge in [-0.05, 0) is 85.7 Å². The van der Waals surface area contributed by atoms with E-state index in [0.29, 0.717) is 32.0 Å². The summed E-state index contributed by atoms with van der Waals surface area (Å²) >= 11 is 0.473. The summed E-state index contributed by atoms with van der Waals surface area (Å²) in [6, 6.07) is 50.2. The van der Waals surface area contributed by atoms with Crippen molar-refractivity contribution in [2.24, 2.45) is 5.16 Å². The van der Waals surface area contributed by atoms with Gasteiger partial charge in [0.2, 0.25) is 11.0 Å². The molecule has 1 saturated heterocycles. The molecule has 79 heavy (non-hydrogen) atoms. The Labute approximate surface area is 467 Å². The highest BCUT2D eigenvalue weighted by molar-refractivity contribution is 7.92. The lowest BCUT2D eigenvalue weighted by atomic mass is 9.77. The molecule has 2 amide bonds. The number of anilines is 3. The Morgan fingerprint density at radius 1 is 0.759 bits per heavy atom. The van der Waals surface area contributed by atoms with Gasteiger partial charge in [0, 0.05) is 17.8 Å². The number of carbonyl (C=O) groups excluding carboxylic acids is 4. The molecule has 0 saturated carbocycles. The Balaban J connectivity index is 1.00. The van der Waals surface area contributed by atoms with Crippen LogP contribution in [0, 0.1) is 0 Å². The zero-order valence-electron chi connectivity index (χ0n) is 43.6. The number of fused-ring (bicyclic) bond motifs is 1. The Hall–Kier alpha value is -8.49. The number of nitrogens with zero attached hydrogens (tertiary/aromatic N) is 5. The van der Waals surface area contributed by atoms with E-state index in [1.54, 1.807) is 50.8 Å². The van der Waals surface area contributed by atoms with Crippen LogP contribution in [-0.4, -0.2) is 82.2 Å². The molecule has 0 bridgehead atoms. The number of ether oxygens (including phenoxy) is 2. The number of pyridine rings is 1. The first-order valence-electron chi connectivity index (χ1n) is 25.2. The lowest BCUT2D eigenvalue weighted by Crippen LogP contribution is -2.75. The summed E-state index contributed by atoms with van der Waals surface area (Å²) in [6.45, 7) is 8.04. The lowest BCUT2D eigenvalue weighted by molar-refractivity contribution is -0.179. The summed E-state index contributed by atoms with van der Waals surface area (Å²) in [4.78, 5) is 79.5. The third-order valence-corrected chi connectivity index (χ3v) is 16.2. The Bertz CT molecular complexity index is 3390. The lowest BCUT2D eigenvalue weighted by Gasteiger charge is -2.49. The second kappa shape index (κ2) is 22.8. The van der Waals surface area contributed by atoms with Crippen LogP contribution in [-0.2, 0) is 50.2 Å². The van der Waals surface area contributed by atoms with Crippen LogP contribution in [0.4, 0.5) is 16.0 Å². The molecule has 3 aromatic heterocycles. The first kappa shape index (κ1) is 53.9. The predicted molar refractivity (Wildman–Crippen MR) is 305 cm³/mol. The molecule has 8 aromatic rings. The van der Waals surface area contributed by atoms with E-state index in [9.17, 15) is 18.9 Å². The zero-order valence-corrected chi connectivity index (χ0v) is 46.0. The normalized spacial score (nSPS) is 16.6. The molecule has 5 heterocycles. The van der Waals surface area contributed by atoms with Crippen molar-refractivity contribution < 1.29 is 38.0 Å². The maximum absolute atomic E-state index is 15.0. The average molecular weight is 1110 g/mol. The molecular weight excluding hydrogens is 1060 g/mol. The zero-order chi connectivity index (χ0) is 55.3. The molecule has 3 atom stereocenters. The van der Waals surface area contributed by atoms with Crippen LogP contribution in [0.2, 0.25) is 0 Å². The van der Waals surface area contributed by atoms with Crippen molar-refractivity contribution in [2.75, 3.05) is 16.4 Å². The van der Waals surface area contributed by atoms with Gasteiger partial charge in [-0.1, -0.05) is 168 Å². The standard InChI is InChI=1S/C60H54N8O8S3/c1-58(2,3)75-55(72)59(4,5)76-67-47(45-36-77-57(64-45)66-60(40-26-15-8-16-27-40,41-28-17-9-18-29-41)42-30-19-10-20-31-42)51(69)65-48-52(70)68-49(54(71)74-50(38-22-11-6-12-23-38)39-24-13-7-14-25-39)44(37-79(73)53(48)68)46-35-62-56(78-46)63-43-32-21-33-61-34-43/h6-36,48,50,53H,37H2,1-5H3,(H,62,63)(H,64,66)(H,65,69)/b67-47+. The number of hydrogen-bond donors (Lipinski definition) is 3. The van der Waals surface area contributed by atoms with Crippen LogP contribution in [0.1, 0.15) is 79.1 Å². The maximum atomic E-state index is 15.0. The van der Waals surface area contributed by atoms with E-state index in [4.69, 9.17) is 19.3 Å². The molecule has 3 N–H and O–H groups in total. The van der Waals surface area contributed by atoms with Gasteiger partial charge < -0.3 is 34.8 Å². The average Bonchev–Trinajstić information content (AvgIpc) is 4.30. The summed E-state index contributed by atoms with van der Waals surface area (Å²) in [5, 5.41) is 15.2. The smallest absolute Gasteiger partial charge is 0.356 e. The Morgan fingerprint density at radius 2 is 1.33 bits per heavy atom. The predicted octanol–water partition coefficient (Wildman–Crippen LogP) is 10.1. The fourth-order valence-corrected chi connectivity index (χ4v) is 12.5. The molecule has 400 valence electrons. The van der Waals surface area contributed by atoms with Gasteiger partial charge >= 0.3 is 11.9 Å². The highest BCUT2D eigenvalue weighted by Gasteiger charge is 2.62. The van der Waals surface area contributed by atoms with Crippen LogP contribution >= 0.6 is 22.7 Å². The van der Waals surface area contributed by atoms with Gasteiger partial charge in [-0.25, -0.2) is 19.6 Å². The fourth-order valence-electron chi connectivity index (χ4n) is 9.13. The van der Waals surface area contributed by atoms with Crippen molar-refractivity contribution in [1.29, 1.82) is 0 Å². The Kier molecular flexibility index (Phi) is 15.6. The van der Waals surface area contributed by atoms with Crippen LogP contribution in [0.5, 0.6) is 0 Å². The third kappa shape index (κ3) is 11.6. The second-order valence-electron chi connectivity index (χ2n) is 20.0. The molecular formula is C60H54N8O8S3. The maximum Gasteiger partial charge on any atom is 0.356 e. The summed E-state index contributed by atoms with van der Waals surface area (Å²) in [6.07, 6.45) is 3.92. The quantitative estimate of drug-likeness (QED) is 0.0183. The largest absolute Gasteiger partial charge is 0.614 e. The van der Waals surface area contributed by atoms with E-state index in [1.807, 2.05) is 158 Å². The number of thiazole rings is 2. The Morgan fingerprint density at radius 3 is 1.87 bits per heavy atom. The molecule has 2 aliphatic rings. The number of rotatable bonds is 18. The van der Waals surface area contributed by atoms with E-state index >= 15 is 4.79 Å². The van der Waals surface area contributed by atoms with Crippen molar-refractivity contribution in [3.05, 3.63) is 232 Å². The summed E-state index contributed by atoms with van der Waals surface area (Å²) in [7, 11) is 0. The minimum absolute atomic E-state index is 0.0293. The van der Waals surface area contributed by atoms with Crippen molar-refractivity contribution in [3.8, 4) is 0 Å². The number of nitrogens with one attached hydrogen (secondary N) is 3. The molecule has 0 radical (unpaired) electrons. The first-order chi connectivity index (χ1) is 38.1. The molecule has 2 aliphatic heterocycles. The highest BCUT2D eigenvalue weighted by Crippen LogP contribution is 2.44. The van der Waals surface area contributed by atoms with Crippen LogP contribution in [0.15, 0.2) is 199 Å². The van der Waals surface area contributed by atoms with Gasteiger partial charge in [-0.2, -0.15) is 0 Å². The SMILES string of the molecule is CC(C)(C)OC(=O)C(C)(C)O/N=C(/C(=O)NC1C(=O)N2C(C(=O)OC(c3ccccc3)c3ccccc3)=C(c3cnc(Nc4cccnc4)s3)C[S+]([O-])C12)c1csc(NC(c2ccccc2)(c2ccccc2)c2ccccc2)n1. The van der Waals surface area contributed by atoms with Gasteiger partial charge in [0.25, 0.3) is 11.8 Å². The topological polar surface area (TPSA) is 209 Å². The molecule has 19 heteroatoms. The summed E-state index contributed by atoms with van der Waals surface area (Å²) < 4.78 is 26.7. The number of β-lactam (4-membered cyclic amide) rings is 1. The third-order valence-electron chi connectivity index (χ3n) is 12.9. The highest BCUT2D eigenvalue weighted by atomic mass is 32.2. The van der Waals surface area contributed by atoms with Gasteiger partial charge in [0.15, 0.2) is 28.1 Å².